The minimum absolute atomic E-state index is 0.202. The van der Waals surface area contributed by atoms with E-state index in [9.17, 15) is 14.8 Å². The lowest BCUT2D eigenvalue weighted by atomic mass is 9.99. The number of amides is 4. The van der Waals surface area contributed by atoms with Crippen LogP contribution in [0.1, 0.15) is 19.4 Å². The average Bonchev–Trinajstić information content (AvgIpc) is 3.09. The first kappa shape index (κ1) is 24.9. The molecular formula is C27H30N4O5. The molecule has 0 aliphatic carbocycles. The Balaban J connectivity index is 1.71. The Morgan fingerprint density at radius 1 is 0.972 bits per heavy atom. The first-order valence-electron chi connectivity index (χ1n) is 11.5. The minimum Gasteiger partial charge on any atom is -0.497 e. The summed E-state index contributed by atoms with van der Waals surface area (Å²) in [5.41, 5.74) is 0.860. The molecule has 1 saturated heterocycles. The normalized spacial score (nSPS) is 16.6. The van der Waals surface area contributed by atoms with Gasteiger partial charge in [0.25, 0.3) is 0 Å². The van der Waals surface area contributed by atoms with Crippen LogP contribution in [0.2, 0.25) is 0 Å². The van der Waals surface area contributed by atoms with Gasteiger partial charge in [0, 0.05) is 24.0 Å². The van der Waals surface area contributed by atoms with E-state index in [4.69, 9.17) is 9.47 Å². The van der Waals surface area contributed by atoms with E-state index in [1.165, 1.54) is 4.90 Å². The molecule has 3 aromatic rings. The molecule has 188 valence electrons. The molecule has 3 aromatic carbocycles. The number of nitrogens with zero attached hydrogens (tertiary/aromatic N) is 3. The van der Waals surface area contributed by atoms with Gasteiger partial charge in [0.15, 0.2) is 6.17 Å². The maximum absolute atomic E-state index is 13.9. The van der Waals surface area contributed by atoms with Crippen molar-refractivity contribution in [3.8, 4) is 11.5 Å². The largest absolute Gasteiger partial charge is 0.497 e. The molecule has 36 heavy (non-hydrogen) atoms. The second-order valence-corrected chi connectivity index (χ2v) is 8.96. The van der Waals surface area contributed by atoms with Gasteiger partial charge in [-0.05, 0) is 55.8 Å². The summed E-state index contributed by atoms with van der Waals surface area (Å²) in [4.78, 5) is 30.0. The van der Waals surface area contributed by atoms with Crippen molar-refractivity contribution in [2.24, 2.45) is 0 Å². The van der Waals surface area contributed by atoms with Crippen molar-refractivity contribution in [3.63, 3.8) is 0 Å². The number of hydrogen-bond donors (Lipinski definition) is 2. The molecule has 4 rings (SSSR count). The fourth-order valence-corrected chi connectivity index (χ4v) is 4.41. The van der Waals surface area contributed by atoms with Crippen LogP contribution in [0.5, 0.6) is 11.5 Å². The minimum atomic E-state index is -1.02. The molecule has 1 fully saturated rings. The van der Waals surface area contributed by atoms with Crippen LogP contribution in [0.15, 0.2) is 78.9 Å². The highest BCUT2D eigenvalue weighted by atomic mass is 16.5. The average molecular weight is 491 g/mol. The molecule has 9 heteroatoms. The van der Waals surface area contributed by atoms with Crippen molar-refractivity contribution >= 4 is 23.4 Å². The predicted molar refractivity (Wildman–Crippen MR) is 136 cm³/mol. The van der Waals surface area contributed by atoms with Crippen molar-refractivity contribution in [1.29, 1.82) is 0 Å². The van der Waals surface area contributed by atoms with Crippen molar-refractivity contribution in [3.05, 3.63) is 84.4 Å². The quantitative estimate of drug-likeness (QED) is 0.352. The summed E-state index contributed by atoms with van der Waals surface area (Å²) in [5.74, 6) is 1.19. The highest BCUT2D eigenvalue weighted by Gasteiger charge is 2.56. The van der Waals surface area contributed by atoms with Crippen LogP contribution in [0.4, 0.5) is 21.0 Å². The summed E-state index contributed by atoms with van der Waals surface area (Å²) >= 11 is 0. The molecule has 0 bridgehead atoms. The number of urea groups is 2. The Morgan fingerprint density at radius 3 is 2.08 bits per heavy atom. The zero-order valence-corrected chi connectivity index (χ0v) is 20.7. The summed E-state index contributed by atoms with van der Waals surface area (Å²) in [6.45, 7) is 3.83. The van der Waals surface area contributed by atoms with Crippen molar-refractivity contribution in [2.75, 3.05) is 24.4 Å². The predicted octanol–water partition coefficient (Wildman–Crippen LogP) is 5.17. The number of hydroxylamine groups is 2. The number of rotatable bonds is 7. The Kier molecular flexibility index (Phi) is 7.03. The Labute approximate surface area is 210 Å². The van der Waals surface area contributed by atoms with E-state index in [1.807, 2.05) is 38.1 Å². The smallest absolute Gasteiger partial charge is 0.347 e. The lowest BCUT2D eigenvalue weighted by Gasteiger charge is -2.38. The fourth-order valence-electron chi connectivity index (χ4n) is 4.41. The maximum atomic E-state index is 13.9. The number of hydrogen-bond acceptors (Lipinski definition) is 5. The number of anilines is 2. The van der Waals surface area contributed by atoms with Gasteiger partial charge in [-0.25, -0.2) is 9.59 Å². The molecule has 0 aromatic heterocycles. The number of nitrogens with one attached hydrogen (secondary N) is 1. The molecule has 1 aliphatic rings. The number of para-hydroxylation sites is 2. The Bertz CT molecular complexity index is 1200. The zero-order chi connectivity index (χ0) is 25.9. The van der Waals surface area contributed by atoms with E-state index in [1.54, 1.807) is 73.7 Å². The van der Waals surface area contributed by atoms with Crippen LogP contribution in [0.25, 0.3) is 0 Å². The van der Waals surface area contributed by atoms with Gasteiger partial charge in [-0.3, -0.25) is 10.1 Å². The maximum Gasteiger partial charge on any atom is 0.347 e. The van der Waals surface area contributed by atoms with Gasteiger partial charge < -0.3 is 19.7 Å². The van der Waals surface area contributed by atoms with Gasteiger partial charge >= 0.3 is 12.1 Å². The van der Waals surface area contributed by atoms with Gasteiger partial charge in [0.1, 0.15) is 11.5 Å². The molecule has 2 N–H and O–H groups in total. The van der Waals surface area contributed by atoms with Crippen LogP contribution < -0.4 is 19.7 Å². The number of methoxy groups -OCH3 is 2. The SMILES string of the molecule is COc1cc(CN2C(=O)N(c3ccccc3)[C@H](N(O)C(=O)Nc3ccccc3)C2(C)C)cc(OC)c1. The van der Waals surface area contributed by atoms with Gasteiger partial charge in [-0.15, -0.1) is 0 Å². The van der Waals surface area contributed by atoms with E-state index < -0.39 is 17.7 Å². The number of ether oxygens (including phenoxy) is 2. The molecule has 0 spiro atoms. The fraction of sp³-hybridized carbons (Fsp3) is 0.259. The molecule has 0 unspecified atom stereocenters. The lowest BCUT2D eigenvalue weighted by Crippen LogP contribution is -2.58. The van der Waals surface area contributed by atoms with Gasteiger partial charge in [-0.2, -0.15) is 5.06 Å². The van der Waals surface area contributed by atoms with Crippen LogP contribution in [-0.4, -0.2) is 53.2 Å². The van der Waals surface area contributed by atoms with E-state index in [0.29, 0.717) is 27.9 Å². The summed E-state index contributed by atoms with van der Waals surface area (Å²) in [6.07, 6.45) is -1.02. The molecule has 1 heterocycles. The molecule has 0 radical (unpaired) electrons. The third-order valence-corrected chi connectivity index (χ3v) is 6.26. The van der Waals surface area contributed by atoms with Crippen LogP contribution in [0.3, 0.4) is 0 Å². The zero-order valence-electron chi connectivity index (χ0n) is 20.7. The summed E-state index contributed by atoms with van der Waals surface area (Å²) in [5, 5.41) is 14.4. The molecule has 0 saturated carbocycles. The summed E-state index contributed by atoms with van der Waals surface area (Å²) in [6, 6.07) is 22.1. The molecule has 1 atom stereocenters. The van der Waals surface area contributed by atoms with E-state index >= 15 is 0 Å². The third kappa shape index (κ3) is 4.78. The number of carbonyl (C=O) groups excluding carboxylic acids is 2. The highest BCUT2D eigenvalue weighted by molar-refractivity contribution is 5.98. The van der Waals surface area contributed by atoms with Crippen molar-refractivity contribution < 1.29 is 24.3 Å². The second kappa shape index (κ2) is 10.2. The first-order chi connectivity index (χ1) is 17.3. The van der Waals surface area contributed by atoms with E-state index in [0.717, 1.165) is 5.56 Å². The third-order valence-electron chi connectivity index (χ3n) is 6.26. The molecular weight excluding hydrogens is 460 g/mol. The monoisotopic (exact) mass is 490 g/mol. The second-order valence-electron chi connectivity index (χ2n) is 8.96. The van der Waals surface area contributed by atoms with Gasteiger partial charge in [0.05, 0.1) is 19.8 Å². The topological polar surface area (TPSA) is 94.6 Å². The van der Waals surface area contributed by atoms with Crippen LogP contribution in [0, 0.1) is 0 Å². The Hall–Kier alpha value is -4.24. The highest BCUT2D eigenvalue weighted by Crippen LogP contribution is 2.39. The van der Waals surface area contributed by atoms with E-state index in [2.05, 4.69) is 5.32 Å². The Morgan fingerprint density at radius 2 is 1.53 bits per heavy atom. The number of carbonyl (C=O) groups is 2. The van der Waals surface area contributed by atoms with Crippen molar-refractivity contribution in [1.82, 2.24) is 9.96 Å². The number of benzene rings is 3. The molecule has 4 amide bonds. The van der Waals surface area contributed by atoms with Crippen molar-refractivity contribution in [2.45, 2.75) is 32.1 Å². The lowest BCUT2D eigenvalue weighted by molar-refractivity contribution is -0.0954. The van der Waals surface area contributed by atoms with Gasteiger partial charge in [-0.1, -0.05) is 36.4 Å². The summed E-state index contributed by atoms with van der Waals surface area (Å²) in [7, 11) is 3.12. The standard InChI is InChI=1S/C27H30N4O5/c1-27(2)24(31(34)25(32)28-20-11-7-5-8-12-20)30(21-13-9-6-10-14-21)26(33)29(27)18-19-15-22(35-3)17-23(16-19)36-4/h5-17,24,34H,18H2,1-4H3,(H,28,32)/t24-/m1/s1. The van der Waals surface area contributed by atoms with Crippen LogP contribution >= 0.6 is 0 Å². The summed E-state index contributed by atoms with van der Waals surface area (Å²) < 4.78 is 10.8. The van der Waals surface area contributed by atoms with Crippen LogP contribution in [-0.2, 0) is 6.54 Å². The van der Waals surface area contributed by atoms with E-state index in [-0.39, 0.29) is 12.6 Å². The molecule has 1 aliphatic heterocycles. The first-order valence-corrected chi connectivity index (χ1v) is 11.5. The van der Waals surface area contributed by atoms with Gasteiger partial charge in [0.2, 0.25) is 0 Å². The molecule has 9 nitrogen and oxygen atoms in total.